The van der Waals surface area contributed by atoms with E-state index in [0.717, 1.165) is 25.7 Å². The number of rotatable bonds is 18. The Morgan fingerprint density at radius 2 is 0.889 bits per heavy atom. The average molecular weight is 385 g/mol. The first-order chi connectivity index (χ1) is 13.1. The molecule has 4 nitrogen and oxygen atoms in total. The predicted molar refractivity (Wildman–Crippen MR) is 112 cm³/mol. The van der Waals surface area contributed by atoms with Gasteiger partial charge in [-0.2, -0.15) is 0 Å². The smallest absolute Gasteiger partial charge is 0.323 e. The van der Waals surface area contributed by atoms with E-state index in [1.54, 1.807) is 0 Å². The number of hydrogen-bond acceptors (Lipinski definition) is 4. The predicted octanol–water partition coefficient (Wildman–Crippen LogP) is 6.60. The molecule has 0 saturated carbocycles. The average Bonchev–Trinajstić information content (AvgIpc) is 2.68. The molecule has 27 heavy (non-hydrogen) atoms. The van der Waals surface area contributed by atoms with Crippen molar-refractivity contribution >= 4 is 11.9 Å². The first-order valence-corrected chi connectivity index (χ1v) is 11.4. The topological polar surface area (TPSA) is 52.6 Å². The molecular formula is C23H44O4. The van der Waals surface area contributed by atoms with Gasteiger partial charge in [0.1, 0.15) is 0 Å². The molecule has 0 fully saturated rings. The highest BCUT2D eigenvalue weighted by Gasteiger charge is 2.45. The van der Waals surface area contributed by atoms with Gasteiger partial charge in [0.25, 0.3) is 0 Å². The Bertz CT molecular complexity index is 343. The summed E-state index contributed by atoms with van der Waals surface area (Å²) >= 11 is 0. The molecule has 0 aromatic carbocycles. The fraction of sp³-hybridized carbons (Fsp3) is 0.913. The first-order valence-electron chi connectivity index (χ1n) is 11.4. The summed E-state index contributed by atoms with van der Waals surface area (Å²) in [5.74, 6) is -0.817. The Balaban J connectivity index is 4.21. The zero-order chi connectivity index (χ0) is 20.4. The van der Waals surface area contributed by atoms with Gasteiger partial charge < -0.3 is 9.47 Å². The zero-order valence-corrected chi connectivity index (χ0v) is 18.4. The summed E-state index contributed by atoms with van der Waals surface area (Å²) in [7, 11) is 0. The highest BCUT2D eigenvalue weighted by Crippen LogP contribution is 2.30. The van der Waals surface area contributed by atoms with Crippen LogP contribution in [0, 0.1) is 5.41 Å². The maximum atomic E-state index is 12.6. The molecule has 0 aliphatic rings. The molecule has 0 N–H and O–H groups in total. The number of esters is 2. The normalized spacial score (nSPS) is 11.4. The van der Waals surface area contributed by atoms with Gasteiger partial charge in [-0.15, -0.1) is 0 Å². The van der Waals surface area contributed by atoms with Crippen LogP contribution >= 0.6 is 0 Å². The van der Waals surface area contributed by atoms with Crippen LogP contribution in [0.1, 0.15) is 118 Å². The molecule has 0 saturated heterocycles. The molecule has 0 atom stereocenters. The standard InChI is InChI=1S/C23H44O4/c1-5-9-11-13-15-17-19-26-21(24)23(7-3,8-4)22(25)27-20-18-16-14-12-10-6-2/h5-20H2,1-4H3. The third kappa shape index (κ3) is 10.8. The van der Waals surface area contributed by atoms with E-state index in [4.69, 9.17) is 9.47 Å². The van der Waals surface area contributed by atoms with Crippen molar-refractivity contribution in [2.45, 2.75) is 118 Å². The van der Waals surface area contributed by atoms with E-state index in [-0.39, 0.29) is 0 Å². The molecule has 0 heterocycles. The molecule has 0 unspecified atom stereocenters. The minimum atomic E-state index is -1.13. The van der Waals surface area contributed by atoms with Crippen LogP contribution in [0.2, 0.25) is 0 Å². The Kier molecular flexibility index (Phi) is 16.4. The number of hydrogen-bond donors (Lipinski definition) is 0. The van der Waals surface area contributed by atoms with Gasteiger partial charge in [0.15, 0.2) is 5.41 Å². The summed E-state index contributed by atoms with van der Waals surface area (Å²) in [6.07, 6.45) is 14.5. The van der Waals surface area contributed by atoms with E-state index in [9.17, 15) is 9.59 Å². The summed E-state index contributed by atoms with van der Waals surface area (Å²) in [6.45, 7) is 8.92. The molecular weight excluding hydrogens is 340 g/mol. The quantitative estimate of drug-likeness (QED) is 0.152. The molecule has 0 aromatic rings. The van der Waals surface area contributed by atoms with Gasteiger partial charge in [0.05, 0.1) is 13.2 Å². The van der Waals surface area contributed by atoms with Crippen molar-refractivity contribution in [3.8, 4) is 0 Å². The zero-order valence-electron chi connectivity index (χ0n) is 18.4. The highest BCUT2D eigenvalue weighted by molar-refractivity contribution is 5.99. The lowest BCUT2D eigenvalue weighted by Crippen LogP contribution is -2.41. The molecule has 0 spiro atoms. The van der Waals surface area contributed by atoms with Gasteiger partial charge in [-0.05, 0) is 25.7 Å². The first kappa shape index (κ1) is 25.9. The lowest BCUT2D eigenvalue weighted by molar-refractivity contribution is -0.173. The number of carbonyl (C=O) groups excluding carboxylic acids is 2. The van der Waals surface area contributed by atoms with Gasteiger partial charge >= 0.3 is 11.9 Å². The van der Waals surface area contributed by atoms with E-state index < -0.39 is 17.4 Å². The fourth-order valence-corrected chi connectivity index (χ4v) is 3.28. The molecule has 0 aliphatic carbocycles. The lowest BCUT2D eigenvalue weighted by atomic mass is 9.82. The molecule has 0 bridgehead atoms. The minimum absolute atomic E-state index is 0.400. The molecule has 4 heteroatoms. The Morgan fingerprint density at radius 3 is 1.22 bits per heavy atom. The molecule has 0 amide bonds. The third-order valence-electron chi connectivity index (χ3n) is 5.45. The monoisotopic (exact) mass is 384 g/mol. The van der Waals surface area contributed by atoms with Crippen molar-refractivity contribution in [2.75, 3.05) is 13.2 Å². The van der Waals surface area contributed by atoms with Crippen molar-refractivity contribution in [1.82, 2.24) is 0 Å². The molecule has 160 valence electrons. The van der Waals surface area contributed by atoms with Gasteiger partial charge in [-0.3, -0.25) is 9.59 Å². The third-order valence-corrected chi connectivity index (χ3v) is 5.45. The van der Waals surface area contributed by atoms with E-state index >= 15 is 0 Å². The maximum absolute atomic E-state index is 12.6. The molecule has 0 aliphatic heterocycles. The SMILES string of the molecule is CCCCCCCCOC(=O)C(CC)(CC)C(=O)OCCCCCCCC. The molecule has 0 rings (SSSR count). The van der Waals surface area contributed by atoms with Crippen LogP contribution in [0.3, 0.4) is 0 Å². The number of unbranched alkanes of at least 4 members (excludes halogenated alkanes) is 10. The summed E-state index contributed by atoms with van der Waals surface area (Å²) in [5.41, 5.74) is -1.13. The minimum Gasteiger partial charge on any atom is -0.465 e. The Morgan fingerprint density at radius 1 is 0.556 bits per heavy atom. The van der Waals surface area contributed by atoms with Crippen LogP contribution in [-0.2, 0) is 19.1 Å². The van der Waals surface area contributed by atoms with Crippen molar-refractivity contribution < 1.29 is 19.1 Å². The second-order valence-electron chi connectivity index (χ2n) is 7.60. The second-order valence-corrected chi connectivity index (χ2v) is 7.60. The van der Waals surface area contributed by atoms with Crippen LogP contribution in [0.4, 0.5) is 0 Å². The van der Waals surface area contributed by atoms with Gasteiger partial charge in [-0.25, -0.2) is 0 Å². The van der Waals surface area contributed by atoms with E-state index in [0.29, 0.717) is 26.1 Å². The highest BCUT2D eigenvalue weighted by atomic mass is 16.6. The Labute approximate surface area is 167 Å². The summed E-state index contributed by atoms with van der Waals surface area (Å²) in [5, 5.41) is 0. The van der Waals surface area contributed by atoms with Gasteiger partial charge in [-0.1, -0.05) is 91.9 Å². The van der Waals surface area contributed by atoms with Gasteiger partial charge in [0.2, 0.25) is 0 Å². The fourth-order valence-electron chi connectivity index (χ4n) is 3.28. The maximum Gasteiger partial charge on any atom is 0.323 e. The summed E-state index contributed by atoms with van der Waals surface area (Å²) < 4.78 is 10.9. The Hall–Kier alpha value is -1.06. The van der Waals surface area contributed by atoms with Crippen molar-refractivity contribution in [2.24, 2.45) is 5.41 Å². The van der Waals surface area contributed by atoms with Crippen LogP contribution in [0.5, 0.6) is 0 Å². The molecule has 0 radical (unpaired) electrons. The second kappa shape index (κ2) is 17.1. The largest absolute Gasteiger partial charge is 0.465 e. The van der Waals surface area contributed by atoms with Gasteiger partial charge in [0, 0.05) is 0 Å². The van der Waals surface area contributed by atoms with Crippen LogP contribution < -0.4 is 0 Å². The van der Waals surface area contributed by atoms with Crippen LogP contribution in [0.15, 0.2) is 0 Å². The summed E-state index contributed by atoms with van der Waals surface area (Å²) in [4.78, 5) is 25.2. The van der Waals surface area contributed by atoms with Crippen molar-refractivity contribution in [1.29, 1.82) is 0 Å². The van der Waals surface area contributed by atoms with Crippen molar-refractivity contribution in [3.05, 3.63) is 0 Å². The van der Waals surface area contributed by atoms with E-state index in [2.05, 4.69) is 13.8 Å². The van der Waals surface area contributed by atoms with Crippen LogP contribution in [0.25, 0.3) is 0 Å². The van der Waals surface area contributed by atoms with E-state index in [1.807, 2.05) is 13.8 Å². The van der Waals surface area contributed by atoms with E-state index in [1.165, 1.54) is 51.4 Å². The summed E-state index contributed by atoms with van der Waals surface area (Å²) in [6, 6.07) is 0. The molecule has 0 aromatic heterocycles. The number of carbonyl (C=O) groups is 2. The van der Waals surface area contributed by atoms with Crippen molar-refractivity contribution in [3.63, 3.8) is 0 Å². The number of ether oxygens (including phenoxy) is 2. The van der Waals surface area contributed by atoms with Crippen LogP contribution in [-0.4, -0.2) is 25.2 Å². The lowest BCUT2D eigenvalue weighted by Gasteiger charge is -2.27.